The number of hydrogen-bond donors (Lipinski definition) is 1. The molecular weight excluding hydrogens is 506 g/mol. The third-order valence-corrected chi connectivity index (χ3v) is 6.87. The van der Waals surface area contributed by atoms with Crippen molar-refractivity contribution in [1.82, 2.24) is 4.57 Å². The van der Waals surface area contributed by atoms with Gasteiger partial charge < -0.3 is 10.5 Å². The van der Waals surface area contributed by atoms with Crippen molar-refractivity contribution in [2.75, 3.05) is 22.1 Å². The summed E-state index contributed by atoms with van der Waals surface area (Å²) in [6, 6.07) is 8.07. The molecule has 2 amide bonds. The summed E-state index contributed by atoms with van der Waals surface area (Å²) in [6.07, 6.45) is 0.984. The summed E-state index contributed by atoms with van der Waals surface area (Å²) in [5.41, 5.74) is 5.87. The second-order valence-electron chi connectivity index (χ2n) is 7.82. The van der Waals surface area contributed by atoms with E-state index in [1.807, 2.05) is 0 Å². The molecule has 0 unspecified atom stereocenters. The fourth-order valence-corrected chi connectivity index (χ4v) is 4.76. The van der Waals surface area contributed by atoms with E-state index in [0.29, 0.717) is 5.69 Å². The number of nitrogens with zero attached hydrogens (tertiary/aromatic N) is 3. The van der Waals surface area contributed by atoms with Crippen LogP contribution in [-0.2, 0) is 16.6 Å². The maximum Gasteiger partial charge on any atom is 0.320 e. The number of nitrogens with two attached hydrogens (primary N) is 1. The number of pyridine rings is 1. The van der Waals surface area contributed by atoms with Crippen LogP contribution in [0.3, 0.4) is 0 Å². The molecule has 1 aliphatic rings. The van der Waals surface area contributed by atoms with Gasteiger partial charge in [0.05, 0.1) is 23.3 Å². The lowest BCUT2D eigenvalue weighted by Gasteiger charge is -2.18. The van der Waals surface area contributed by atoms with Crippen LogP contribution < -0.4 is 25.2 Å². The average Bonchev–Trinajstić information content (AvgIpc) is 3.16. The molecule has 0 atom stereocenters. The van der Waals surface area contributed by atoms with Gasteiger partial charge in [-0.2, -0.15) is 0 Å². The largest absolute Gasteiger partial charge is 0.487 e. The van der Waals surface area contributed by atoms with Crippen LogP contribution in [0.2, 0.25) is 5.02 Å². The van der Waals surface area contributed by atoms with E-state index in [1.165, 1.54) is 34.9 Å². The highest BCUT2D eigenvalue weighted by Crippen LogP contribution is 2.39. The lowest BCUT2D eigenvalue weighted by Crippen LogP contribution is -2.40. The molecule has 35 heavy (non-hydrogen) atoms. The van der Waals surface area contributed by atoms with Gasteiger partial charge in [0, 0.05) is 23.4 Å². The van der Waals surface area contributed by atoms with E-state index in [2.05, 4.69) is 0 Å². The quantitative estimate of drug-likeness (QED) is 0.550. The molecule has 0 bridgehead atoms. The number of carbonyl (C=O) groups is 1. The molecule has 3 aromatic rings. The van der Waals surface area contributed by atoms with Gasteiger partial charge in [-0.1, -0.05) is 11.6 Å². The van der Waals surface area contributed by atoms with E-state index in [-0.39, 0.29) is 46.7 Å². The minimum Gasteiger partial charge on any atom is -0.487 e. The third-order valence-electron chi connectivity index (χ3n) is 5.41. The standard InChI is InChI=1S/C22H19ClF2N4O5S/c1-12-7-19(34-10-13-3-4-14(24)8-16(13)25)20(23)21(30)29(12)15-5-6-17-18(9-15)28(35(2,32)33)11-27(17)22(26)31/h3-9H,10-11H2,1-2H3,(H2,26,31). The van der Waals surface area contributed by atoms with Gasteiger partial charge in [0.2, 0.25) is 10.0 Å². The summed E-state index contributed by atoms with van der Waals surface area (Å²) >= 11 is 6.25. The number of ether oxygens (including phenoxy) is 1. The van der Waals surface area contributed by atoms with Gasteiger partial charge in [-0.05, 0) is 37.3 Å². The lowest BCUT2D eigenvalue weighted by atomic mass is 10.2. The zero-order valence-corrected chi connectivity index (χ0v) is 20.0. The first-order chi connectivity index (χ1) is 16.4. The van der Waals surface area contributed by atoms with Gasteiger partial charge in [-0.25, -0.2) is 26.3 Å². The first-order valence-corrected chi connectivity index (χ1v) is 12.3. The van der Waals surface area contributed by atoms with Crippen LogP contribution in [0.25, 0.3) is 5.69 Å². The van der Waals surface area contributed by atoms with Crippen molar-refractivity contribution in [3.8, 4) is 11.4 Å². The molecule has 13 heteroatoms. The highest BCUT2D eigenvalue weighted by molar-refractivity contribution is 7.92. The highest BCUT2D eigenvalue weighted by Gasteiger charge is 2.34. The Hall–Kier alpha value is -3.64. The van der Waals surface area contributed by atoms with Crippen molar-refractivity contribution in [2.45, 2.75) is 13.5 Å². The first kappa shape index (κ1) is 24.5. The summed E-state index contributed by atoms with van der Waals surface area (Å²) in [6.45, 7) is 1.01. The van der Waals surface area contributed by atoms with Gasteiger partial charge in [-0.15, -0.1) is 0 Å². The molecule has 0 saturated carbocycles. The van der Waals surface area contributed by atoms with E-state index < -0.39 is 33.2 Å². The van der Waals surface area contributed by atoms with Gasteiger partial charge in [0.1, 0.15) is 35.7 Å². The van der Waals surface area contributed by atoms with Crippen molar-refractivity contribution >= 4 is 39.0 Å². The number of rotatable bonds is 5. The number of amides is 2. The van der Waals surface area contributed by atoms with Crippen LogP contribution in [0.5, 0.6) is 5.75 Å². The predicted octanol–water partition coefficient (Wildman–Crippen LogP) is 3.28. The maximum atomic E-state index is 13.9. The fraction of sp³-hybridized carbons (Fsp3) is 0.182. The SMILES string of the molecule is Cc1cc(OCc2ccc(F)cc2F)c(Cl)c(=O)n1-c1ccc2c(c1)N(S(C)(=O)=O)CN2C(N)=O. The molecule has 0 saturated heterocycles. The minimum absolute atomic E-state index is 0.00651. The summed E-state index contributed by atoms with van der Waals surface area (Å²) in [7, 11) is -3.76. The number of carbonyl (C=O) groups excluding carboxylic acids is 1. The number of urea groups is 1. The van der Waals surface area contributed by atoms with E-state index in [9.17, 15) is 26.8 Å². The fourth-order valence-electron chi connectivity index (χ4n) is 3.73. The summed E-state index contributed by atoms with van der Waals surface area (Å²) in [5.74, 6) is -1.54. The number of benzene rings is 2. The minimum atomic E-state index is -3.76. The van der Waals surface area contributed by atoms with E-state index in [1.54, 1.807) is 6.92 Å². The highest BCUT2D eigenvalue weighted by atomic mass is 35.5. The van der Waals surface area contributed by atoms with Crippen molar-refractivity contribution in [3.05, 3.63) is 80.7 Å². The molecule has 0 fully saturated rings. The zero-order valence-electron chi connectivity index (χ0n) is 18.5. The smallest absolute Gasteiger partial charge is 0.320 e. The molecular formula is C22H19ClF2N4O5S. The van der Waals surface area contributed by atoms with Gasteiger partial charge in [0.15, 0.2) is 0 Å². The van der Waals surface area contributed by atoms with Crippen LogP contribution in [0.1, 0.15) is 11.3 Å². The molecule has 1 aromatic heterocycles. The lowest BCUT2D eigenvalue weighted by molar-refractivity contribution is 0.254. The molecule has 4 rings (SSSR count). The number of aryl methyl sites for hydroxylation is 1. The molecule has 9 nitrogen and oxygen atoms in total. The Balaban J connectivity index is 1.73. The number of sulfonamides is 1. The van der Waals surface area contributed by atoms with Crippen LogP contribution in [0, 0.1) is 18.6 Å². The van der Waals surface area contributed by atoms with Crippen LogP contribution in [0.4, 0.5) is 25.0 Å². The number of hydrogen-bond acceptors (Lipinski definition) is 5. The Bertz CT molecular complexity index is 1530. The van der Waals surface area contributed by atoms with Crippen LogP contribution in [-0.4, -0.2) is 31.9 Å². The summed E-state index contributed by atoms with van der Waals surface area (Å²) in [4.78, 5) is 26.0. The Morgan fingerprint density at radius 3 is 2.49 bits per heavy atom. The predicted molar refractivity (Wildman–Crippen MR) is 127 cm³/mol. The monoisotopic (exact) mass is 524 g/mol. The number of fused-ring (bicyclic) bond motifs is 1. The molecule has 0 aliphatic carbocycles. The second kappa shape index (κ2) is 8.86. The van der Waals surface area contributed by atoms with Crippen molar-refractivity contribution in [2.24, 2.45) is 5.73 Å². The number of anilines is 2. The summed E-state index contributed by atoms with van der Waals surface area (Å²) < 4.78 is 59.3. The topological polar surface area (TPSA) is 115 Å². The Morgan fingerprint density at radius 2 is 1.86 bits per heavy atom. The Labute approximate surface area is 203 Å². The summed E-state index contributed by atoms with van der Waals surface area (Å²) in [5, 5.41) is -0.294. The van der Waals surface area contributed by atoms with E-state index in [0.717, 1.165) is 27.6 Å². The molecule has 0 radical (unpaired) electrons. The number of primary amides is 1. The molecule has 2 heterocycles. The Kier molecular flexibility index (Phi) is 6.20. The van der Waals surface area contributed by atoms with Crippen molar-refractivity contribution in [3.63, 3.8) is 0 Å². The van der Waals surface area contributed by atoms with Gasteiger partial charge in [0.25, 0.3) is 5.56 Å². The van der Waals surface area contributed by atoms with Crippen LogP contribution >= 0.6 is 11.6 Å². The van der Waals surface area contributed by atoms with E-state index >= 15 is 0 Å². The second-order valence-corrected chi connectivity index (χ2v) is 10.1. The first-order valence-electron chi connectivity index (χ1n) is 10.1. The zero-order chi connectivity index (χ0) is 25.7. The average molecular weight is 525 g/mol. The maximum absolute atomic E-state index is 13.9. The molecule has 2 aromatic carbocycles. The third kappa shape index (κ3) is 4.54. The number of aromatic nitrogens is 1. The number of halogens is 3. The molecule has 2 N–H and O–H groups in total. The normalized spacial score (nSPS) is 13.2. The molecule has 1 aliphatic heterocycles. The molecule has 184 valence electrons. The Morgan fingerprint density at radius 1 is 1.14 bits per heavy atom. The van der Waals surface area contributed by atoms with E-state index in [4.69, 9.17) is 22.1 Å². The van der Waals surface area contributed by atoms with Gasteiger partial charge >= 0.3 is 6.03 Å². The van der Waals surface area contributed by atoms with Crippen molar-refractivity contribution < 1.29 is 26.7 Å². The van der Waals surface area contributed by atoms with Crippen LogP contribution in [0.15, 0.2) is 47.3 Å². The molecule has 0 spiro atoms. The van der Waals surface area contributed by atoms with Gasteiger partial charge in [-0.3, -0.25) is 14.3 Å². The van der Waals surface area contributed by atoms with Crippen molar-refractivity contribution in [1.29, 1.82) is 0 Å².